The number of allylic oxidation sites excluding steroid dienone is 1. The van der Waals surface area contributed by atoms with Gasteiger partial charge in [0.15, 0.2) is 0 Å². The van der Waals surface area contributed by atoms with Gasteiger partial charge in [-0.3, -0.25) is 0 Å². The molecule has 50 valence electrons. The molecule has 1 saturated carbocycles. The summed E-state index contributed by atoms with van der Waals surface area (Å²) in [7, 11) is 0. The van der Waals surface area contributed by atoms with E-state index in [1.165, 1.54) is 12.2 Å². The minimum absolute atomic E-state index is 0.935. The maximum absolute atomic E-state index is 2.39. The van der Waals surface area contributed by atoms with E-state index in [0.717, 1.165) is 17.8 Å². The van der Waals surface area contributed by atoms with Crippen LogP contribution in [0.2, 0.25) is 0 Å². The van der Waals surface area contributed by atoms with E-state index < -0.39 is 0 Å². The molecular weight excluding hydrogens is 128 g/mol. The molecule has 1 fully saturated rings. The Morgan fingerprint density at radius 2 is 2.33 bits per heavy atom. The van der Waals surface area contributed by atoms with Gasteiger partial charge in [0.05, 0.1) is 0 Å². The minimum Gasteiger partial charge on any atom is -0.134 e. The smallest absolute Gasteiger partial charge is 0.00400 e. The van der Waals surface area contributed by atoms with Crippen LogP contribution in [0.5, 0.6) is 0 Å². The zero-order chi connectivity index (χ0) is 6.27. The van der Waals surface area contributed by atoms with Crippen LogP contribution in [0.3, 0.4) is 0 Å². The Hall–Kier alpha value is 0.0900. The number of thioether (sulfide) groups is 1. The van der Waals surface area contributed by atoms with E-state index in [2.05, 4.69) is 18.4 Å². The Bertz CT molecular complexity index is 140. The van der Waals surface area contributed by atoms with Crippen molar-refractivity contribution in [3.63, 3.8) is 0 Å². The molecule has 0 saturated heterocycles. The highest BCUT2D eigenvalue weighted by atomic mass is 32.2. The lowest BCUT2D eigenvalue weighted by molar-refractivity contribution is 0.601. The minimum atomic E-state index is 0.935. The lowest BCUT2D eigenvalue weighted by Crippen LogP contribution is -1.98. The third-order valence-corrected chi connectivity index (χ3v) is 3.36. The second-order valence-corrected chi connectivity index (χ2v) is 4.14. The Morgan fingerprint density at radius 3 is 2.78 bits per heavy atom. The molecule has 0 nitrogen and oxygen atoms in total. The number of hydrogen-bond acceptors (Lipinski definition) is 1. The molecule has 0 N–H and O–H groups in total. The van der Waals surface area contributed by atoms with Crippen molar-refractivity contribution in [2.45, 2.75) is 13.3 Å². The summed E-state index contributed by atoms with van der Waals surface area (Å²) in [4.78, 5) is 0. The average Bonchev–Trinajstić information content (AvgIpc) is 2.44. The van der Waals surface area contributed by atoms with Gasteiger partial charge in [-0.25, -0.2) is 0 Å². The predicted molar refractivity (Wildman–Crippen MR) is 42.4 cm³/mol. The van der Waals surface area contributed by atoms with Crippen molar-refractivity contribution < 1.29 is 0 Å². The molecular formula is C8H12S. The fraction of sp³-hybridized carbons (Fsp3) is 0.750. The molecule has 1 aliphatic carbocycles. The molecule has 3 atom stereocenters. The zero-order valence-corrected chi connectivity index (χ0v) is 6.53. The topological polar surface area (TPSA) is 0 Å². The molecule has 1 heterocycles. The summed E-state index contributed by atoms with van der Waals surface area (Å²) >= 11 is 1.97. The van der Waals surface area contributed by atoms with E-state index in [1.807, 2.05) is 11.8 Å². The number of hydrogen-bond donors (Lipinski definition) is 0. The molecule has 2 aliphatic rings. The van der Waals surface area contributed by atoms with Crippen molar-refractivity contribution in [2.75, 3.05) is 5.75 Å². The fourth-order valence-electron chi connectivity index (χ4n) is 1.59. The zero-order valence-electron chi connectivity index (χ0n) is 5.71. The van der Waals surface area contributed by atoms with Crippen LogP contribution in [-0.4, -0.2) is 5.75 Å². The maximum Gasteiger partial charge on any atom is 0.00400 e. The van der Waals surface area contributed by atoms with E-state index in [0.29, 0.717) is 0 Å². The quantitative estimate of drug-likeness (QED) is 0.539. The lowest BCUT2D eigenvalue weighted by atomic mass is 10.1. The molecule has 0 aromatic carbocycles. The Labute approximate surface area is 60.7 Å². The van der Waals surface area contributed by atoms with Crippen LogP contribution >= 0.6 is 11.8 Å². The van der Waals surface area contributed by atoms with Gasteiger partial charge in [0, 0.05) is 5.75 Å². The average molecular weight is 140 g/mol. The largest absolute Gasteiger partial charge is 0.134 e. The molecule has 0 aromatic heterocycles. The van der Waals surface area contributed by atoms with Gasteiger partial charge in [-0.05, 0) is 29.6 Å². The Balaban J connectivity index is 1.92. The van der Waals surface area contributed by atoms with Gasteiger partial charge in [-0.2, -0.15) is 0 Å². The molecule has 0 radical (unpaired) electrons. The van der Waals surface area contributed by atoms with Gasteiger partial charge in [0.1, 0.15) is 0 Å². The normalized spacial score (nSPS) is 47.9. The predicted octanol–water partition coefficient (Wildman–Crippen LogP) is 2.52. The summed E-state index contributed by atoms with van der Waals surface area (Å²) in [6.45, 7) is 2.36. The molecule has 0 bridgehead atoms. The summed E-state index contributed by atoms with van der Waals surface area (Å²) in [5.41, 5.74) is 0. The van der Waals surface area contributed by atoms with E-state index in [-0.39, 0.29) is 0 Å². The second-order valence-electron chi connectivity index (χ2n) is 3.20. The monoisotopic (exact) mass is 140 g/mol. The van der Waals surface area contributed by atoms with Crippen molar-refractivity contribution >= 4 is 11.8 Å². The molecule has 0 aromatic rings. The van der Waals surface area contributed by atoms with Gasteiger partial charge in [0.25, 0.3) is 0 Å². The summed E-state index contributed by atoms with van der Waals surface area (Å²) in [5.74, 6) is 4.37. The summed E-state index contributed by atoms with van der Waals surface area (Å²) in [6, 6.07) is 0. The molecule has 0 spiro atoms. The van der Waals surface area contributed by atoms with E-state index in [1.54, 1.807) is 0 Å². The molecule has 1 aliphatic heterocycles. The van der Waals surface area contributed by atoms with Gasteiger partial charge in [-0.15, -0.1) is 11.8 Å². The van der Waals surface area contributed by atoms with Crippen LogP contribution < -0.4 is 0 Å². The van der Waals surface area contributed by atoms with Crippen molar-refractivity contribution in [1.29, 1.82) is 0 Å². The standard InChI is InChI=1S/C8H12S/c1-6-4-8(6)7-2-3-9-5-7/h2-3,6-8H,4-5H2,1H3. The van der Waals surface area contributed by atoms with Crippen LogP contribution in [0.15, 0.2) is 11.5 Å². The maximum atomic E-state index is 2.39. The van der Waals surface area contributed by atoms with Crippen LogP contribution in [0.4, 0.5) is 0 Å². The first-order chi connectivity index (χ1) is 4.38. The lowest BCUT2D eigenvalue weighted by Gasteiger charge is -2.01. The van der Waals surface area contributed by atoms with Crippen LogP contribution in [0.1, 0.15) is 13.3 Å². The molecule has 9 heavy (non-hydrogen) atoms. The van der Waals surface area contributed by atoms with Crippen LogP contribution in [-0.2, 0) is 0 Å². The summed E-state index contributed by atoms with van der Waals surface area (Å²) in [5, 5.41) is 2.26. The SMILES string of the molecule is CC1CC1C1C=CSC1. The first-order valence-corrected chi connectivity index (χ1v) is 4.71. The van der Waals surface area contributed by atoms with Crippen molar-refractivity contribution in [2.24, 2.45) is 17.8 Å². The van der Waals surface area contributed by atoms with Crippen LogP contribution in [0, 0.1) is 17.8 Å². The van der Waals surface area contributed by atoms with Gasteiger partial charge in [0.2, 0.25) is 0 Å². The molecule has 2 rings (SSSR count). The van der Waals surface area contributed by atoms with E-state index >= 15 is 0 Å². The van der Waals surface area contributed by atoms with Crippen LogP contribution in [0.25, 0.3) is 0 Å². The van der Waals surface area contributed by atoms with Crippen molar-refractivity contribution in [3.05, 3.63) is 11.5 Å². The van der Waals surface area contributed by atoms with Crippen molar-refractivity contribution in [3.8, 4) is 0 Å². The molecule has 1 heteroatoms. The molecule has 3 unspecified atom stereocenters. The summed E-state index contributed by atoms with van der Waals surface area (Å²) < 4.78 is 0. The Kier molecular flexibility index (Phi) is 1.33. The highest BCUT2D eigenvalue weighted by Crippen LogP contribution is 2.47. The highest BCUT2D eigenvalue weighted by Gasteiger charge is 2.38. The third-order valence-electron chi connectivity index (χ3n) is 2.43. The first-order valence-electron chi connectivity index (χ1n) is 3.66. The van der Waals surface area contributed by atoms with E-state index in [9.17, 15) is 0 Å². The van der Waals surface area contributed by atoms with E-state index in [4.69, 9.17) is 0 Å². The Morgan fingerprint density at radius 1 is 1.56 bits per heavy atom. The van der Waals surface area contributed by atoms with Gasteiger partial charge in [-0.1, -0.05) is 13.0 Å². The van der Waals surface area contributed by atoms with Gasteiger partial charge >= 0.3 is 0 Å². The summed E-state index contributed by atoms with van der Waals surface area (Å²) in [6.07, 6.45) is 3.87. The van der Waals surface area contributed by atoms with Gasteiger partial charge < -0.3 is 0 Å². The fourth-order valence-corrected chi connectivity index (χ4v) is 2.60. The molecule has 0 amide bonds. The first kappa shape index (κ1) is 5.84. The van der Waals surface area contributed by atoms with Crippen molar-refractivity contribution in [1.82, 2.24) is 0 Å². The number of rotatable bonds is 1. The second kappa shape index (κ2) is 2.05. The third kappa shape index (κ3) is 1.03. The highest BCUT2D eigenvalue weighted by molar-refractivity contribution is 8.02.